The normalized spacial score (nSPS) is 14.2. The Morgan fingerprint density at radius 3 is 2.60 bits per heavy atom. The number of unbranched alkanes of at least 4 members (excludes halogenated alkanes) is 1. The van der Waals surface area contributed by atoms with E-state index < -0.39 is 18.0 Å². The number of nitrogens with zero attached hydrogens (tertiary/aromatic N) is 4. The molecule has 2 aromatic carbocycles. The van der Waals surface area contributed by atoms with Crippen LogP contribution in [0.25, 0.3) is 0 Å². The Morgan fingerprint density at radius 1 is 1.09 bits per heavy atom. The number of piperidine rings is 1. The van der Waals surface area contributed by atoms with E-state index in [0.717, 1.165) is 55.8 Å². The highest BCUT2D eigenvalue weighted by Gasteiger charge is 2.28. The summed E-state index contributed by atoms with van der Waals surface area (Å²) >= 11 is 0. The fourth-order valence-corrected chi connectivity index (χ4v) is 5.55. The van der Waals surface area contributed by atoms with Gasteiger partial charge < -0.3 is 24.4 Å². The average Bonchev–Trinajstić information content (AvgIpc) is 3.04. The minimum absolute atomic E-state index is 0.0203. The molecule has 0 bridgehead atoms. The first-order valence-corrected chi connectivity index (χ1v) is 16.2. The molecule has 1 aliphatic rings. The topological polar surface area (TPSA) is 89.0 Å². The van der Waals surface area contributed by atoms with Crippen LogP contribution in [0.3, 0.4) is 0 Å². The molecule has 2 heterocycles. The van der Waals surface area contributed by atoms with Gasteiger partial charge in [-0.3, -0.25) is 4.90 Å². The zero-order valence-electron chi connectivity index (χ0n) is 27.4. The summed E-state index contributed by atoms with van der Waals surface area (Å²) in [7, 11) is 1.63. The summed E-state index contributed by atoms with van der Waals surface area (Å²) in [5, 5.41) is 3.06. The summed E-state index contributed by atoms with van der Waals surface area (Å²) < 4.78 is 32.3. The Labute approximate surface area is 267 Å². The SMILES string of the molecule is CCCCN(C(=O)OC(c1cccc(OC)c1C)C(C)C)c1ccnc(Nc2ccc(OCCCN3CCCCC3)c(F)c2)n1. The maximum absolute atomic E-state index is 14.9. The second-order valence-corrected chi connectivity index (χ2v) is 11.8. The zero-order chi connectivity index (χ0) is 32.2. The lowest BCUT2D eigenvalue weighted by atomic mass is 9.94. The molecule has 1 unspecified atom stereocenters. The molecule has 0 saturated carbocycles. The van der Waals surface area contributed by atoms with Gasteiger partial charge in [0.15, 0.2) is 11.6 Å². The number of ether oxygens (including phenoxy) is 3. The third kappa shape index (κ3) is 9.53. The molecule has 1 fully saturated rings. The maximum Gasteiger partial charge on any atom is 0.416 e. The van der Waals surface area contributed by atoms with Crippen molar-refractivity contribution in [3.8, 4) is 11.5 Å². The van der Waals surface area contributed by atoms with Gasteiger partial charge in [0.05, 0.1) is 13.7 Å². The molecular formula is C35H48FN5O4. The van der Waals surface area contributed by atoms with Crippen molar-refractivity contribution in [2.24, 2.45) is 5.92 Å². The predicted octanol–water partition coefficient (Wildman–Crippen LogP) is 8.07. The van der Waals surface area contributed by atoms with Crippen LogP contribution in [0.5, 0.6) is 11.5 Å². The summed E-state index contributed by atoms with van der Waals surface area (Å²) in [6, 6.07) is 12.1. The van der Waals surface area contributed by atoms with Gasteiger partial charge in [-0.05, 0) is 87.0 Å². The van der Waals surface area contributed by atoms with E-state index in [1.54, 1.807) is 31.5 Å². The van der Waals surface area contributed by atoms with E-state index in [1.807, 2.05) is 39.0 Å². The number of carbonyl (C=O) groups is 1. The molecule has 3 aromatic rings. The van der Waals surface area contributed by atoms with E-state index in [0.29, 0.717) is 24.7 Å². The molecular weight excluding hydrogens is 573 g/mol. The fraction of sp³-hybridized carbons (Fsp3) is 0.514. The number of hydrogen-bond donors (Lipinski definition) is 1. The first kappa shape index (κ1) is 34.0. The van der Waals surface area contributed by atoms with Gasteiger partial charge in [-0.15, -0.1) is 0 Å². The third-order valence-electron chi connectivity index (χ3n) is 8.07. The van der Waals surface area contributed by atoms with Crippen LogP contribution in [-0.4, -0.2) is 60.9 Å². The second kappa shape index (κ2) is 17.0. The van der Waals surface area contributed by atoms with Gasteiger partial charge in [-0.2, -0.15) is 4.98 Å². The van der Waals surface area contributed by atoms with Gasteiger partial charge in [0.25, 0.3) is 0 Å². The first-order valence-electron chi connectivity index (χ1n) is 16.2. The van der Waals surface area contributed by atoms with Gasteiger partial charge in [0.2, 0.25) is 5.95 Å². The number of amides is 1. The number of benzene rings is 2. The number of methoxy groups -OCH3 is 1. The van der Waals surface area contributed by atoms with Crippen LogP contribution in [0.4, 0.5) is 26.6 Å². The lowest BCUT2D eigenvalue weighted by Crippen LogP contribution is -2.35. The molecule has 10 heteroatoms. The number of hydrogen-bond acceptors (Lipinski definition) is 8. The van der Waals surface area contributed by atoms with Crippen molar-refractivity contribution in [1.82, 2.24) is 14.9 Å². The summed E-state index contributed by atoms with van der Waals surface area (Å²) in [4.78, 5) is 26.6. The van der Waals surface area contributed by atoms with Gasteiger partial charge >= 0.3 is 6.09 Å². The van der Waals surface area contributed by atoms with Crippen molar-refractivity contribution in [2.45, 2.75) is 72.3 Å². The number of likely N-dealkylation sites (tertiary alicyclic amines) is 1. The van der Waals surface area contributed by atoms with Crippen LogP contribution in [0.1, 0.15) is 76.5 Å². The lowest BCUT2D eigenvalue weighted by molar-refractivity contribution is 0.0756. The molecule has 45 heavy (non-hydrogen) atoms. The quantitative estimate of drug-likeness (QED) is 0.171. The smallest absolute Gasteiger partial charge is 0.416 e. The van der Waals surface area contributed by atoms with Crippen LogP contribution in [0, 0.1) is 18.7 Å². The first-order chi connectivity index (χ1) is 21.8. The molecule has 9 nitrogen and oxygen atoms in total. The van der Waals surface area contributed by atoms with Gasteiger partial charge in [0, 0.05) is 31.0 Å². The summed E-state index contributed by atoms with van der Waals surface area (Å²) in [6.07, 6.45) is 6.89. The summed E-state index contributed by atoms with van der Waals surface area (Å²) in [6.45, 7) is 12.2. The van der Waals surface area contributed by atoms with E-state index >= 15 is 0 Å². The van der Waals surface area contributed by atoms with Crippen LogP contribution in [0.15, 0.2) is 48.7 Å². The van der Waals surface area contributed by atoms with E-state index in [1.165, 1.54) is 30.2 Å². The molecule has 244 valence electrons. The number of aromatic nitrogens is 2. The van der Waals surface area contributed by atoms with Crippen molar-refractivity contribution >= 4 is 23.5 Å². The van der Waals surface area contributed by atoms with E-state index in [4.69, 9.17) is 14.2 Å². The molecule has 1 aliphatic heterocycles. The summed E-state index contributed by atoms with van der Waals surface area (Å²) in [5.74, 6) is 1.15. The Kier molecular flexibility index (Phi) is 12.8. The highest BCUT2D eigenvalue weighted by atomic mass is 19.1. The molecule has 1 saturated heterocycles. The highest BCUT2D eigenvalue weighted by molar-refractivity contribution is 5.86. The van der Waals surface area contributed by atoms with E-state index in [-0.39, 0.29) is 17.6 Å². The predicted molar refractivity (Wildman–Crippen MR) is 176 cm³/mol. The molecule has 1 N–H and O–H groups in total. The van der Waals surface area contributed by atoms with Crippen molar-refractivity contribution in [3.05, 3.63) is 65.6 Å². The van der Waals surface area contributed by atoms with E-state index in [2.05, 4.69) is 27.1 Å². The van der Waals surface area contributed by atoms with E-state index in [9.17, 15) is 9.18 Å². The molecule has 4 rings (SSSR count). The molecule has 0 aliphatic carbocycles. The minimum atomic E-state index is -0.498. The third-order valence-corrected chi connectivity index (χ3v) is 8.07. The number of anilines is 3. The minimum Gasteiger partial charge on any atom is -0.496 e. The van der Waals surface area contributed by atoms with Crippen molar-refractivity contribution < 1.29 is 23.4 Å². The van der Waals surface area contributed by atoms with Crippen LogP contribution >= 0.6 is 0 Å². The van der Waals surface area contributed by atoms with Gasteiger partial charge in [-0.1, -0.05) is 45.7 Å². The van der Waals surface area contributed by atoms with Crippen LogP contribution in [0.2, 0.25) is 0 Å². The fourth-order valence-electron chi connectivity index (χ4n) is 5.55. The Hall–Kier alpha value is -3.92. The largest absolute Gasteiger partial charge is 0.496 e. The summed E-state index contributed by atoms with van der Waals surface area (Å²) in [5.41, 5.74) is 2.30. The number of rotatable bonds is 15. The molecule has 1 atom stereocenters. The molecule has 0 radical (unpaired) electrons. The average molecular weight is 622 g/mol. The lowest BCUT2D eigenvalue weighted by Gasteiger charge is -2.28. The van der Waals surface area contributed by atoms with Gasteiger partial charge in [0.1, 0.15) is 17.7 Å². The Morgan fingerprint density at radius 2 is 1.89 bits per heavy atom. The van der Waals surface area contributed by atoms with Gasteiger partial charge in [-0.25, -0.2) is 14.2 Å². The highest BCUT2D eigenvalue weighted by Crippen LogP contribution is 2.34. The van der Waals surface area contributed by atoms with Crippen molar-refractivity contribution in [1.29, 1.82) is 0 Å². The molecule has 1 aromatic heterocycles. The zero-order valence-corrected chi connectivity index (χ0v) is 27.4. The Balaban J connectivity index is 1.43. The van der Waals surface area contributed by atoms with Crippen molar-refractivity contribution in [3.63, 3.8) is 0 Å². The molecule has 0 spiro atoms. The Bertz CT molecular complexity index is 1380. The monoisotopic (exact) mass is 621 g/mol. The number of carbonyl (C=O) groups excluding carboxylic acids is 1. The van der Waals surface area contributed by atoms with Crippen LogP contribution in [-0.2, 0) is 4.74 Å². The van der Waals surface area contributed by atoms with Crippen LogP contribution < -0.4 is 19.7 Å². The molecule has 1 amide bonds. The standard InChI is InChI=1S/C35H48FN5O4/c1-6-7-22-41(35(42)45-33(25(2)3)28-13-11-14-30(43-5)26(28)4)32-17-18-37-34(39-32)38-27-15-16-31(29(36)24-27)44-23-12-21-40-19-9-8-10-20-40/h11,13-18,24-25,33H,6-10,12,19-23H2,1-5H3,(H,37,38,39). The second-order valence-electron chi connectivity index (χ2n) is 11.8. The number of halogens is 1. The number of nitrogens with one attached hydrogen (secondary N) is 1. The maximum atomic E-state index is 14.9. The van der Waals surface area contributed by atoms with Crippen molar-refractivity contribution in [2.75, 3.05) is 50.1 Å².